The maximum absolute atomic E-state index is 6.16. The summed E-state index contributed by atoms with van der Waals surface area (Å²) in [6.45, 7) is 11.2. The van der Waals surface area contributed by atoms with Gasteiger partial charge in [0.2, 0.25) is 0 Å². The Morgan fingerprint density at radius 1 is 1.32 bits per heavy atom. The minimum Gasteiger partial charge on any atom is -0.494 e. The van der Waals surface area contributed by atoms with Gasteiger partial charge in [-0.15, -0.1) is 0 Å². The maximum Gasteiger partial charge on any atom is 0.122 e. The second kappa shape index (κ2) is 7.47. The molecule has 1 aliphatic rings. The van der Waals surface area contributed by atoms with Gasteiger partial charge >= 0.3 is 0 Å². The Labute approximate surface area is 135 Å². The van der Waals surface area contributed by atoms with E-state index in [4.69, 9.17) is 10.5 Å². The van der Waals surface area contributed by atoms with E-state index in [2.05, 4.69) is 44.3 Å². The van der Waals surface area contributed by atoms with Gasteiger partial charge in [0.1, 0.15) is 5.75 Å². The van der Waals surface area contributed by atoms with Crippen molar-refractivity contribution < 1.29 is 4.74 Å². The van der Waals surface area contributed by atoms with E-state index in [-0.39, 0.29) is 5.41 Å². The van der Waals surface area contributed by atoms with E-state index in [0.717, 1.165) is 12.3 Å². The Morgan fingerprint density at radius 2 is 2.09 bits per heavy atom. The molecule has 1 saturated heterocycles. The molecule has 0 amide bonds. The molecule has 1 aliphatic heterocycles. The summed E-state index contributed by atoms with van der Waals surface area (Å²) in [6.07, 6.45) is 3.76. The van der Waals surface area contributed by atoms with Crippen molar-refractivity contribution in [2.75, 3.05) is 19.7 Å². The number of hydrogen-bond donors (Lipinski definition) is 2. The third kappa shape index (κ3) is 4.02. The standard InChI is InChI=1S/C19H32N2O/c1-5-22-18-10-9-14(19(2,3)4)12-15(18)16(13-20)17-8-6-7-11-21-17/h9-10,12,16-17,21H,5-8,11,13,20H2,1-4H3. The monoisotopic (exact) mass is 304 g/mol. The summed E-state index contributed by atoms with van der Waals surface area (Å²) < 4.78 is 5.89. The van der Waals surface area contributed by atoms with Gasteiger partial charge in [-0.1, -0.05) is 39.3 Å². The van der Waals surface area contributed by atoms with Crippen LogP contribution in [-0.4, -0.2) is 25.7 Å². The molecule has 1 aromatic rings. The summed E-state index contributed by atoms with van der Waals surface area (Å²) >= 11 is 0. The van der Waals surface area contributed by atoms with Crippen LogP contribution in [0.1, 0.15) is 64.0 Å². The van der Waals surface area contributed by atoms with Crippen LogP contribution in [0.25, 0.3) is 0 Å². The fourth-order valence-electron chi connectivity index (χ4n) is 3.32. The van der Waals surface area contributed by atoms with E-state index < -0.39 is 0 Å². The second-order valence-corrected chi connectivity index (χ2v) is 7.33. The Balaban J connectivity index is 2.38. The zero-order chi connectivity index (χ0) is 16.2. The van der Waals surface area contributed by atoms with Gasteiger partial charge in [0.15, 0.2) is 0 Å². The van der Waals surface area contributed by atoms with E-state index in [1.54, 1.807) is 0 Å². The molecule has 0 aromatic heterocycles. The van der Waals surface area contributed by atoms with Crippen molar-refractivity contribution in [3.05, 3.63) is 29.3 Å². The van der Waals surface area contributed by atoms with Gasteiger partial charge in [0.25, 0.3) is 0 Å². The van der Waals surface area contributed by atoms with E-state index in [9.17, 15) is 0 Å². The minimum atomic E-state index is 0.138. The Bertz CT molecular complexity index is 473. The summed E-state index contributed by atoms with van der Waals surface area (Å²) in [7, 11) is 0. The highest BCUT2D eigenvalue weighted by atomic mass is 16.5. The fraction of sp³-hybridized carbons (Fsp3) is 0.684. The summed E-state index contributed by atoms with van der Waals surface area (Å²) in [5.41, 5.74) is 8.92. The van der Waals surface area contributed by atoms with Gasteiger partial charge in [-0.25, -0.2) is 0 Å². The minimum absolute atomic E-state index is 0.138. The zero-order valence-electron chi connectivity index (χ0n) is 14.6. The summed E-state index contributed by atoms with van der Waals surface area (Å²) in [6, 6.07) is 7.10. The molecule has 1 fully saturated rings. The van der Waals surface area contributed by atoms with Gasteiger partial charge in [0, 0.05) is 24.1 Å². The number of nitrogens with one attached hydrogen (secondary N) is 1. The maximum atomic E-state index is 6.16. The number of hydrogen-bond acceptors (Lipinski definition) is 3. The molecule has 3 N–H and O–H groups in total. The van der Waals surface area contributed by atoms with Gasteiger partial charge in [-0.3, -0.25) is 0 Å². The molecule has 0 spiro atoms. The lowest BCUT2D eigenvalue weighted by molar-refractivity contribution is 0.316. The number of piperidine rings is 1. The van der Waals surface area contributed by atoms with Crippen LogP contribution < -0.4 is 15.8 Å². The first-order valence-electron chi connectivity index (χ1n) is 8.68. The van der Waals surface area contributed by atoms with Gasteiger partial charge in [-0.2, -0.15) is 0 Å². The second-order valence-electron chi connectivity index (χ2n) is 7.33. The number of benzene rings is 1. The number of rotatable bonds is 5. The fourth-order valence-corrected chi connectivity index (χ4v) is 3.32. The van der Waals surface area contributed by atoms with Crippen LogP contribution in [0.3, 0.4) is 0 Å². The molecule has 0 aliphatic carbocycles. The van der Waals surface area contributed by atoms with Crippen molar-refractivity contribution in [1.82, 2.24) is 5.32 Å². The third-order valence-electron chi connectivity index (χ3n) is 4.66. The molecule has 2 rings (SSSR count). The van der Waals surface area contributed by atoms with Crippen molar-refractivity contribution in [3.8, 4) is 5.75 Å². The smallest absolute Gasteiger partial charge is 0.122 e. The van der Waals surface area contributed by atoms with Gasteiger partial charge in [-0.05, 0) is 43.4 Å². The van der Waals surface area contributed by atoms with Crippen LogP contribution in [0.5, 0.6) is 5.75 Å². The number of nitrogens with two attached hydrogens (primary N) is 1. The van der Waals surface area contributed by atoms with E-state index >= 15 is 0 Å². The van der Waals surface area contributed by atoms with Crippen LogP contribution >= 0.6 is 0 Å². The molecule has 2 unspecified atom stereocenters. The normalized spacial score (nSPS) is 20.7. The van der Waals surface area contributed by atoms with Crippen LogP contribution in [0.2, 0.25) is 0 Å². The van der Waals surface area contributed by atoms with E-state index in [1.165, 1.54) is 30.4 Å². The van der Waals surface area contributed by atoms with E-state index in [1.807, 2.05) is 6.92 Å². The van der Waals surface area contributed by atoms with Crippen LogP contribution in [0.4, 0.5) is 0 Å². The average Bonchev–Trinajstić information content (AvgIpc) is 2.50. The van der Waals surface area contributed by atoms with Crippen molar-refractivity contribution in [3.63, 3.8) is 0 Å². The average molecular weight is 304 g/mol. The zero-order valence-corrected chi connectivity index (χ0v) is 14.6. The third-order valence-corrected chi connectivity index (χ3v) is 4.66. The molecule has 0 bridgehead atoms. The Morgan fingerprint density at radius 3 is 2.64 bits per heavy atom. The van der Waals surface area contributed by atoms with Crippen molar-refractivity contribution >= 4 is 0 Å². The molecule has 2 atom stereocenters. The van der Waals surface area contributed by atoms with Gasteiger partial charge < -0.3 is 15.8 Å². The first kappa shape index (κ1) is 17.3. The van der Waals surface area contributed by atoms with Crippen LogP contribution in [0, 0.1) is 0 Å². The highest BCUT2D eigenvalue weighted by Gasteiger charge is 2.27. The van der Waals surface area contributed by atoms with Crippen molar-refractivity contribution in [1.29, 1.82) is 0 Å². The molecule has 3 nitrogen and oxygen atoms in total. The molecule has 22 heavy (non-hydrogen) atoms. The lowest BCUT2D eigenvalue weighted by atomic mass is 9.81. The largest absolute Gasteiger partial charge is 0.494 e. The lowest BCUT2D eigenvalue weighted by Gasteiger charge is -2.33. The molecule has 3 heteroatoms. The highest BCUT2D eigenvalue weighted by Crippen LogP contribution is 2.35. The SMILES string of the molecule is CCOc1ccc(C(C)(C)C)cc1C(CN)C1CCCCN1. The molecular formula is C19H32N2O. The topological polar surface area (TPSA) is 47.3 Å². The predicted octanol–water partition coefficient (Wildman–Crippen LogP) is 3.57. The van der Waals surface area contributed by atoms with Crippen LogP contribution in [0.15, 0.2) is 18.2 Å². The molecule has 0 saturated carbocycles. The Hall–Kier alpha value is -1.06. The first-order chi connectivity index (χ1) is 10.5. The predicted molar refractivity (Wildman–Crippen MR) is 93.7 cm³/mol. The van der Waals surface area contributed by atoms with Crippen LogP contribution in [-0.2, 0) is 5.41 Å². The summed E-state index contributed by atoms with van der Waals surface area (Å²) in [5.74, 6) is 1.32. The van der Waals surface area contributed by atoms with Crippen molar-refractivity contribution in [2.45, 2.75) is 64.3 Å². The summed E-state index contributed by atoms with van der Waals surface area (Å²) in [4.78, 5) is 0. The summed E-state index contributed by atoms with van der Waals surface area (Å²) in [5, 5.41) is 3.66. The first-order valence-corrected chi connectivity index (χ1v) is 8.68. The molecule has 1 aromatic carbocycles. The number of ether oxygens (including phenoxy) is 1. The van der Waals surface area contributed by atoms with Crippen molar-refractivity contribution in [2.24, 2.45) is 5.73 Å². The quantitative estimate of drug-likeness (QED) is 0.874. The Kier molecular flexibility index (Phi) is 5.87. The molecular weight excluding hydrogens is 272 g/mol. The lowest BCUT2D eigenvalue weighted by Crippen LogP contribution is -2.41. The molecule has 0 radical (unpaired) electrons. The van der Waals surface area contributed by atoms with Gasteiger partial charge in [0.05, 0.1) is 6.61 Å². The molecule has 124 valence electrons. The highest BCUT2D eigenvalue weighted by molar-refractivity contribution is 5.43. The van der Waals surface area contributed by atoms with E-state index in [0.29, 0.717) is 25.1 Å². The molecule has 1 heterocycles.